The summed E-state index contributed by atoms with van der Waals surface area (Å²) in [4.78, 5) is 4.93. The maximum absolute atomic E-state index is 14.3. The SMILES string of the molecule is Cc1cc(-c2ncc(C3CCCC3)c3cc(F)ccc23)c2oc3ccccc3c2c1. The van der Waals surface area contributed by atoms with E-state index in [1.54, 1.807) is 6.07 Å². The number of aromatic nitrogens is 1. The van der Waals surface area contributed by atoms with Crippen LogP contribution in [0.25, 0.3) is 44.0 Å². The summed E-state index contributed by atoms with van der Waals surface area (Å²) in [5.41, 5.74) is 5.88. The number of fused-ring (bicyclic) bond motifs is 4. The first kappa shape index (κ1) is 17.6. The Hall–Kier alpha value is -3.20. The fourth-order valence-corrected chi connectivity index (χ4v) is 5.16. The number of aryl methyl sites for hydroxylation is 1. The topological polar surface area (TPSA) is 26.0 Å². The number of benzene rings is 3. The second-order valence-electron chi connectivity index (χ2n) is 8.52. The molecule has 0 spiro atoms. The predicted molar refractivity (Wildman–Crippen MR) is 120 cm³/mol. The molecule has 1 aliphatic carbocycles. The van der Waals surface area contributed by atoms with E-state index in [1.165, 1.54) is 24.5 Å². The maximum Gasteiger partial charge on any atom is 0.144 e. The van der Waals surface area contributed by atoms with E-state index >= 15 is 0 Å². The summed E-state index contributed by atoms with van der Waals surface area (Å²) in [6.45, 7) is 2.10. The number of furan rings is 1. The minimum atomic E-state index is -0.197. The van der Waals surface area contributed by atoms with Gasteiger partial charge >= 0.3 is 0 Å². The number of halogens is 1. The van der Waals surface area contributed by atoms with Crippen LogP contribution >= 0.6 is 0 Å². The van der Waals surface area contributed by atoms with Crippen molar-refractivity contribution in [3.05, 3.63) is 77.7 Å². The highest BCUT2D eigenvalue weighted by Crippen LogP contribution is 2.42. The Balaban J connectivity index is 1.68. The van der Waals surface area contributed by atoms with Gasteiger partial charge < -0.3 is 4.42 Å². The number of hydrogen-bond donors (Lipinski definition) is 0. The van der Waals surface area contributed by atoms with Gasteiger partial charge in [0.2, 0.25) is 0 Å². The van der Waals surface area contributed by atoms with Crippen LogP contribution in [0.5, 0.6) is 0 Å². The van der Waals surface area contributed by atoms with Crippen molar-refractivity contribution in [3.8, 4) is 11.3 Å². The van der Waals surface area contributed by atoms with Gasteiger partial charge in [0.05, 0.1) is 5.69 Å². The van der Waals surface area contributed by atoms with Crippen LogP contribution in [-0.2, 0) is 0 Å². The van der Waals surface area contributed by atoms with Crippen LogP contribution in [0.2, 0.25) is 0 Å². The molecule has 2 heterocycles. The molecule has 0 atom stereocenters. The number of pyridine rings is 1. The van der Waals surface area contributed by atoms with E-state index in [2.05, 4.69) is 25.1 Å². The fourth-order valence-electron chi connectivity index (χ4n) is 5.16. The Morgan fingerprint density at radius 3 is 2.60 bits per heavy atom. The lowest BCUT2D eigenvalue weighted by atomic mass is 9.91. The molecule has 0 unspecified atom stereocenters. The van der Waals surface area contributed by atoms with Gasteiger partial charge in [-0.15, -0.1) is 0 Å². The molecule has 1 fully saturated rings. The maximum atomic E-state index is 14.3. The molecule has 1 saturated carbocycles. The number of para-hydroxylation sites is 1. The third-order valence-corrected chi connectivity index (χ3v) is 6.55. The molecule has 3 heteroatoms. The van der Waals surface area contributed by atoms with E-state index < -0.39 is 0 Å². The van der Waals surface area contributed by atoms with E-state index in [4.69, 9.17) is 9.40 Å². The van der Waals surface area contributed by atoms with Gasteiger partial charge in [0, 0.05) is 27.9 Å². The number of nitrogens with zero attached hydrogens (tertiary/aromatic N) is 1. The van der Waals surface area contributed by atoms with Crippen molar-refractivity contribution in [1.82, 2.24) is 4.98 Å². The van der Waals surface area contributed by atoms with Crippen LogP contribution in [0, 0.1) is 12.7 Å². The van der Waals surface area contributed by atoms with Crippen LogP contribution in [0.15, 0.2) is 65.2 Å². The summed E-state index contributed by atoms with van der Waals surface area (Å²) in [7, 11) is 0. The molecule has 0 radical (unpaired) electrons. The Labute approximate surface area is 174 Å². The molecule has 5 aromatic rings. The van der Waals surface area contributed by atoms with Gasteiger partial charge in [-0.2, -0.15) is 0 Å². The van der Waals surface area contributed by atoms with Gasteiger partial charge in [-0.05, 0) is 78.6 Å². The summed E-state index contributed by atoms with van der Waals surface area (Å²) in [6, 6.07) is 17.5. The first-order valence-corrected chi connectivity index (χ1v) is 10.7. The quantitative estimate of drug-likeness (QED) is 0.303. The van der Waals surface area contributed by atoms with Crippen molar-refractivity contribution in [2.24, 2.45) is 0 Å². The summed E-state index contributed by atoms with van der Waals surface area (Å²) >= 11 is 0. The second-order valence-corrected chi connectivity index (χ2v) is 8.52. The van der Waals surface area contributed by atoms with Gasteiger partial charge in [-0.25, -0.2) is 4.39 Å². The van der Waals surface area contributed by atoms with E-state index in [-0.39, 0.29) is 5.82 Å². The zero-order valence-electron chi connectivity index (χ0n) is 16.9. The number of hydrogen-bond acceptors (Lipinski definition) is 2. The Kier molecular flexibility index (Phi) is 3.92. The van der Waals surface area contributed by atoms with Gasteiger partial charge in [0.25, 0.3) is 0 Å². The molecule has 2 aromatic heterocycles. The van der Waals surface area contributed by atoms with Crippen molar-refractivity contribution >= 4 is 32.7 Å². The first-order chi connectivity index (χ1) is 14.7. The summed E-state index contributed by atoms with van der Waals surface area (Å²) in [6.07, 6.45) is 6.77. The minimum Gasteiger partial charge on any atom is -0.455 e. The van der Waals surface area contributed by atoms with Crippen molar-refractivity contribution in [1.29, 1.82) is 0 Å². The molecule has 6 rings (SSSR count). The van der Waals surface area contributed by atoms with Gasteiger partial charge in [-0.1, -0.05) is 31.0 Å². The van der Waals surface area contributed by atoms with Crippen LogP contribution in [0.4, 0.5) is 4.39 Å². The molecule has 0 bridgehead atoms. The third-order valence-electron chi connectivity index (χ3n) is 6.55. The highest BCUT2D eigenvalue weighted by Gasteiger charge is 2.22. The smallest absolute Gasteiger partial charge is 0.144 e. The van der Waals surface area contributed by atoms with Crippen molar-refractivity contribution in [2.75, 3.05) is 0 Å². The van der Waals surface area contributed by atoms with Gasteiger partial charge in [0.1, 0.15) is 17.0 Å². The highest BCUT2D eigenvalue weighted by molar-refractivity contribution is 6.12. The Bertz CT molecular complexity index is 1430. The summed E-state index contributed by atoms with van der Waals surface area (Å²) in [5.74, 6) is 0.275. The van der Waals surface area contributed by atoms with E-state index in [0.717, 1.165) is 62.4 Å². The van der Waals surface area contributed by atoms with Crippen LogP contribution < -0.4 is 0 Å². The van der Waals surface area contributed by atoms with E-state index in [9.17, 15) is 4.39 Å². The average Bonchev–Trinajstić information content (AvgIpc) is 3.40. The molecule has 30 heavy (non-hydrogen) atoms. The molecule has 1 aliphatic rings. The van der Waals surface area contributed by atoms with Crippen molar-refractivity contribution < 1.29 is 8.81 Å². The Morgan fingerprint density at radius 2 is 1.73 bits per heavy atom. The monoisotopic (exact) mass is 395 g/mol. The normalized spacial score (nSPS) is 15.0. The molecule has 3 aromatic carbocycles. The highest BCUT2D eigenvalue weighted by atomic mass is 19.1. The van der Waals surface area contributed by atoms with Crippen LogP contribution in [-0.4, -0.2) is 4.98 Å². The van der Waals surface area contributed by atoms with Crippen molar-refractivity contribution in [3.63, 3.8) is 0 Å². The molecule has 0 amide bonds. The van der Waals surface area contributed by atoms with Gasteiger partial charge in [-0.3, -0.25) is 4.98 Å². The van der Waals surface area contributed by atoms with E-state index in [0.29, 0.717) is 5.92 Å². The standard InChI is InChI=1S/C27H22FNO/c1-16-12-22-19-8-4-5-9-25(19)30-27(22)23(13-16)26-20-11-10-18(28)14-21(20)24(15-29-26)17-6-2-3-7-17/h4-5,8-15,17H,2-3,6-7H2,1H3. The Morgan fingerprint density at radius 1 is 0.900 bits per heavy atom. The van der Waals surface area contributed by atoms with Gasteiger partial charge in [0.15, 0.2) is 0 Å². The largest absolute Gasteiger partial charge is 0.455 e. The summed E-state index contributed by atoms with van der Waals surface area (Å²) < 4.78 is 20.5. The minimum absolute atomic E-state index is 0.197. The van der Waals surface area contributed by atoms with E-state index in [1.807, 2.05) is 30.5 Å². The molecule has 0 N–H and O–H groups in total. The molecule has 148 valence electrons. The molecular weight excluding hydrogens is 373 g/mol. The predicted octanol–water partition coefficient (Wildman–Crippen LogP) is 7.91. The molecular formula is C27H22FNO. The lowest BCUT2D eigenvalue weighted by molar-refractivity contribution is 0.629. The fraction of sp³-hybridized carbons (Fsp3) is 0.222. The zero-order valence-corrected chi connectivity index (χ0v) is 16.9. The lowest BCUT2D eigenvalue weighted by Crippen LogP contribution is -1.98. The van der Waals surface area contributed by atoms with Crippen LogP contribution in [0.3, 0.4) is 0 Å². The summed E-state index contributed by atoms with van der Waals surface area (Å²) in [5, 5.41) is 4.18. The first-order valence-electron chi connectivity index (χ1n) is 10.7. The van der Waals surface area contributed by atoms with Crippen molar-refractivity contribution in [2.45, 2.75) is 38.5 Å². The lowest BCUT2D eigenvalue weighted by Gasteiger charge is -2.16. The molecule has 2 nitrogen and oxygen atoms in total. The average molecular weight is 395 g/mol. The third kappa shape index (κ3) is 2.65. The van der Waals surface area contributed by atoms with Crippen LogP contribution in [0.1, 0.15) is 42.7 Å². The zero-order chi connectivity index (χ0) is 20.2. The second kappa shape index (κ2) is 6.66. The molecule has 0 saturated heterocycles. The number of rotatable bonds is 2. The molecule has 0 aliphatic heterocycles.